The van der Waals surface area contributed by atoms with Gasteiger partial charge >= 0.3 is 6.18 Å². The lowest BCUT2D eigenvalue weighted by molar-refractivity contribution is -0.143. The van der Waals surface area contributed by atoms with Crippen LogP contribution in [-0.4, -0.2) is 53.8 Å². The van der Waals surface area contributed by atoms with Crippen molar-refractivity contribution in [1.29, 1.82) is 0 Å². The first kappa shape index (κ1) is 24.6. The molecule has 1 aromatic rings. The quantitative estimate of drug-likeness (QED) is 0.748. The van der Waals surface area contributed by atoms with E-state index >= 15 is 0 Å². The number of rotatable bonds is 4. The topological polar surface area (TPSA) is 52.7 Å². The van der Waals surface area contributed by atoms with E-state index in [1.165, 1.54) is 12.1 Å². The molecule has 2 saturated heterocycles. The number of hydrogen-bond donors (Lipinski definition) is 1. The molecule has 5 nitrogen and oxygen atoms in total. The molecule has 0 aromatic heterocycles. The van der Waals surface area contributed by atoms with E-state index in [2.05, 4.69) is 10.2 Å². The molecule has 1 aromatic carbocycles. The molecule has 3 rings (SSSR count). The number of benzene rings is 1. The van der Waals surface area contributed by atoms with Crippen molar-refractivity contribution < 1.29 is 22.8 Å². The Balaban J connectivity index is 1.47. The van der Waals surface area contributed by atoms with Crippen molar-refractivity contribution in [3.63, 3.8) is 0 Å². The van der Waals surface area contributed by atoms with Crippen LogP contribution in [0.2, 0.25) is 0 Å². The Morgan fingerprint density at radius 2 is 1.75 bits per heavy atom. The van der Waals surface area contributed by atoms with Gasteiger partial charge in [-0.25, -0.2) is 0 Å². The number of nitrogens with zero attached hydrogens (tertiary/aromatic N) is 2. The summed E-state index contributed by atoms with van der Waals surface area (Å²) in [6.45, 7) is 8.77. The number of likely N-dealkylation sites (tertiary alicyclic amines) is 2. The van der Waals surface area contributed by atoms with E-state index in [0.717, 1.165) is 44.8 Å². The van der Waals surface area contributed by atoms with Crippen LogP contribution < -0.4 is 5.32 Å². The standard InChI is InChI=1S/C24H34F3N3O2/c1-23(2,3)22(32)30-11-5-7-18(16-30)21(31)28-20-9-12-29(13-10-20)15-17-6-4-8-19(14-17)24(25,26)27/h4,6,8,14,18,20H,5,7,9-13,15-16H2,1-3H3,(H,28,31). The smallest absolute Gasteiger partial charge is 0.353 e. The highest BCUT2D eigenvalue weighted by molar-refractivity contribution is 5.84. The predicted octanol–water partition coefficient (Wildman–Crippen LogP) is 4.07. The summed E-state index contributed by atoms with van der Waals surface area (Å²) in [5, 5.41) is 3.15. The number of hydrogen-bond acceptors (Lipinski definition) is 3. The third-order valence-corrected chi connectivity index (χ3v) is 6.32. The fourth-order valence-electron chi connectivity index (χ4n) is 4.51. The van der Waals surface area contributed by atoms with Crippen molar-refractivity contribution in [1.82, 2.24) is 15.1 Å². The zero-order valence-corrected chi connectivity index (χ0v) is 19.2. The Morgan fingerprint density at radius 3 is 2.38 bits per heavy atom. The van der Waals surface area contributed by atoms with Gasteiger partial charge in [-0.05, 0) is 37.3 Å². The molecular formula is C24H34F3N3O2. The van der Waals surface area contributed by atoms with Gasteiger partial charge in [-0.1, -0.05) is 39.0 Å². The summed E-state index contributed by atoms with van der Waals surface area (Å²) in [6.07, 6.45) is -1.19. The van der Waals surface area contributed by atoms with Crippen molar-refractivity contribution in [3.05, 3.63) is 35.4 Å². The molecule has 0 bridgehead atoms. The lowest BCUT2D eigenvalue weighted by Gasteiger charge is -2.37. The average molecular weight is 454 g/mol. The van der Waals surface area contributed by atoms with Gasteiger partial charge < -0.3 is 10.2 Å². The zero-order chi connectivity index (χ0) is 23.5. The molecule has 8 heteroatoms. The second-order valence-corrected chi connectivity index (χ2v) is 10.1. The number of amides is 2. The van der Waals surface area contributed by atoms with Crippen LogP contribution in [0.5, 0.6) is 0 Å². The molecule has 0 aliphatic carbocycles. The Bertz CT molecular complexity index is 811. The van der Waals surface area contributed by atoms with Crippen LogP contribution in [-0.2, 0) is 22.3 Å². The minimum absolute atomic E-state index is 0.00716. The highest BCUT2D eigenvalue weighted by Crippen LogP contribution is 2.30. The van der Waals surface area contributed by atoms with Gasteiger partial charge in [0.05, 0.1) is 11.5 Å². The zero-order valence-electron chi connectivity index (χ0n) is 19.2. The molecule has 0 spiro atoms. The lowest BCUT2D eigenvalue weighted by atomic mass is 9.90. The molecule has 1 unspecified atom stereocenters. The molecule has 0 saturated carbocycles. The van der Waals surface area contributed by atoms with Gasteiger partial charge in [-0.15, -0.1) is 0 Å². The normalized spacial score (nSPS) is 21.4. The maximum atomic E-state index is 12.9. The van der Waals surface area contributed by atoms with E-state index in [0.29, 0.717) is 25.2 Å². The summed E-state index contributed by atoms with van der Waals surface area (Å²) in [5.41, 5.74) is -0.429. The molecule has 1 atom stereocenters. The van der Waals surface area contributed by atoms with Crippen molar-refractivity contribution in [2.45, 2.75) is 65.2 Å². The highest BCUT2D eigenvalue weighted by atomic mass is 19.4. The van der Waals surface area contributed by atoms with E-state index < -0.39 is 17.2 Å². The highest BCUT2D eigenvalue weighted by Gasteiger charge is 2.34. The number of piperidine rings is 2. The fourth-order valence-corrected chi connectivity index (χ4v) is 4.51. The van der Waals surface area contributed by atoms with Crippen LogP contribution in [0.1, 0.15) is 57.6 Å². The second kappa shape index (κ2) is 9.81. The van der Waals surface area contributed by atoms with E-state index in [4.69, 9.17) is 0 Å². The van der Waals surface area contributed by atoms with Gasteiger partial charge in [-0.3, -0.25) is 14.5 Å². The first-order chi connectivity index (χ1) is 14.9. The maximum Gasteiger partial charge on any atom is 0.416 e. The van der Waals surface area contributed by atoms with Gasteiger partial charge in [0.25, 0.3) is 0 Å². The van der Waals surface area contributed by atoms with Gasteiger partial charge in [-0.2, -0.15) is 13.2 Å². The van der Waals surface area contributed by atoms with Crippen LogP contribution in [0, 0.1) is 11.3 Å². The molecule has 1 N–H and O–H groups in total. The minimum atomic E-state index is -4.33. The average Bonchev–Trinajstić information content (AvgIpc) is 2.73. The lowest BCUT2D eigenvalue weighted by Crippen LogP contribution is -2.51. The summed E-state index contributed by atoms with van der Waals surface area (Å²) < 4.78 is 38.8. The summed E-state index contributed by atoms with van der Waals surface area (Å²) in [7, 11) is 0. The van der Waals surface area contributed by atoms with Gasteiger partial charge in [0.2, 0.25) is 11.8 Å². The van der Waals surface area contributed by atoms with E-state index in [9.17, 15) is 22.8 Å². The Labute approximate surface area is 188 Å². The molecule has 0 radical (unpaired) electrons. The fraction of sp³-hybridized carbons (Fsp3) is 0.667. The SMILES string of the molecule is CC(C)(C)C(=O)N1CCCC(C(=O)NC2CCN(Cc3cccc(C(F)(F)F)c3)CC2)C1. The third-order valence-electron chi connectivity index (χ3n) is 6.32. The summed E-state index contributed by atoms with van der Waals surface area (Å²) in [4.78, 5) is 29.3. The van der Waals surface area contributed by atoms with Crippen LogP contribution in [0.25, 0.3) is 0 Å². The van der Waals surface area contributed by atoms with Gasteiger partial charge in [0, 0.05) is 44.2 Å². The number of nitrogens with one attached hydrogen (secondary N) is 1. The first-order valence-corrected chi connectivity index (χ1v) is 11.4. The number of carbonyl (C=O) groups excluding carboxylic acids is 2. The molecule has 2 heterocycles. The van der Waals surface area contributed by atoms with Crippen molar-refractivity contribution in [2.24, 2.45) is 11.3 Å². The molecule has 178 valence electrons. The predicted molar refractivity (Wildman–Crippen MR) is 117 cm³/mol. The summed E-state index contributed by atoms with van der Waals surface area (Å²) in [6, 6.07) is 5.53. The van der Waals surface area contributed by atoms with E-state index in [-0.39, 0.29) is 23.8 Å². The van der Waals surface area contributed by atoms with Crippen molar-refractivity contribution in [3.8, 4) is 0 Å². The first-order valence-electron chi connectivity index (χ1n) is 11.4. The monoisotopic (exact) mass is 453 g/mol. The molecule has 32 heavy (non-hydrogen) atoms. The minimum Gasteiger partial charge on any atom is -0.353 e. The Hall–Kier alpha value is -2.09. The second-order valence-electron chi connectivity index (χ2n) is 10.1. The summed E-state index contributed by atoms with van der Waals surface area (Å²) in [5.74, 6) is -0.0937. The van der Waals surface area contributed by atoms with Crippen LogP contribution in [0.15, 0.2) is 24.3 Å². The number of alkyl halides is 3. The number of halogens is 3. The molecule has 2 amide bonds. The third kappa shape index (κ3) is 6.47. The molecular weight excluding hydrogens is 419 g/mol. The van der Waals surface area contributed by atoms with E-state index in [1.54, 1.807) is 6.07 Å². The Morgan fingerprint density at radius 1 is 1.06 bits per heavy atom. The maximum absolute atomic E-state index is 12.9. The van der Waals surface area contributed by atoms with Gasteiger partial charge in [0.1, 0.15) is 0 Å². The van der Waals surface area contributed by atoms with Crippen LogP contribution >= 0.6 is 0 Å². The van der Waals surface area contributed by atoms with Gasteiger partial charge in [0.15, 0.2) is 0 Å². The molecule has 2 aliphatic rings. The molecule has 2 aliphatic heterocycles. The van der Waals surface area contributed by atoms with Crippen molar-refractivity contribution >= 4 is 11.8 Å². The van der Waals surface area contributed by atoms with Crippen molar-refractivity contribution in [2.75, 3.05) is 26.2 Å². The largest absolute Gasteiger partial charge is 0.416 e. The Kier molecular flexibility index (Phi) is 7.53. The summed E-state index contributed by atoms with van der Waals surface area (Å²) >= 11 is 0. The van der Waals surface area contributed by atoms with Crippen LogP contribution in [0.4, 0.5) is 13.2 Å². The van der Waals surface area contributed by atoms with Crippen LogP contribution in [0.3, 0.4) is 0 Å². The van der Waals surface area contributed by atoms with E-state index in [1.807, 2.05) is 25.7 Å². The molecule has 2 fully saturated rings. The number of carbonyl (C=O) groups is 2.